The summed E-state index contributed by atoms with van der Waals surface area (Å²) in [6, 6.07) is 37.1. The van der Waals surface area contributed by atoms with Gasteiger partial charge in [0.1, 0.15) is 5.16 Å². The van der Waals surface area contributed by atoms with E-state index in [0.717, 1.165) is 11.1 Å². The number of rotatable bonds is 9. The van der Waals surface area contributed by atoms with Crippen molar-refractivity contribution >= 4 is 29.6 Å². The lowest BCUT2D eigenvalue weighted by Gasteiger charge is -2.27. The van der Waals surface area contributed by atoms with Crippen molar-refractivity contribution in [3.8, 4) is 0 Å². The molecule has 1 aliphatic carbocycles. The molecule has 5 nitrogen and oxygen atoms in total. The van der Waals surface area contributed by atoms with Crippen LogP contribution in [-0.2, 0) is 18.9 Å². The van der Waals surface area contributed by atoms with E-state index in [1.54, 1.807) is 24.3 Å². The highest BCUT2D eigenvalue weighted by Gasteiger charge is 2.65. The highest BCUT2D eigenvalue weighted by atomic mass is 31.2. The molecule has 37 heavy (non-hydrogen) atoms. The number of benzene rings is 4. The number of ether oxygens (including phenoxy) is 1. The fourth-order valence-corrected chi connectivity index (χ4v) is 8.34. The van der Waals surface area contributed by atoms with Gasteiger partial charge in [0.05, 0.1) is 6.04 Å². The summed E-state index contributed by atoms with van der Waals surface area (Å²) < 4.78 is 20.3. The monoisotopic (exact) mass is 509 g/mol. The van der Waals surface area contributed by atoms with Gasteiger partial charge in [-0.3, -0.25) is 9.59 Å². The molecule has 6 heteroatoms. The lowest BCUT2D eigenvalue weighted by atomic mass is 9.99. The average molecular weight is 510 g/mol. The molecule has 0 aliphatic heterocycles. The Balaban J connectivity index is 1.35. The van der Waals surface area contributed by atoms with Crippen LogP contribution in [0.5, 0.6) is 0 Å². The van der Waals surface area contributed by atoms with Crippen LogP contribution in [0, 0.1) is 0 Å². The Kier molecular flexibility index (Phi) is 7.07. The van der Waals surface area contributed by atoms with Crippen LogP contribution in [0.4, 0.5) is 0 Å². The van der Waals surface area contributed by atoms with Crippen LogP contribution in [0.15, 0.2) is 121 Å². The van der Waals surface area contributed by atoms with Crippen LogP contribution in [0.25, 0.3) is 0 Å². The van der Waals surface area contributed by atoms with Gasteiger partial charge in [-0.15, -0.1) is 0 Å². The highest BCUT2D eigenvalue weighted by Crippen LogP contribution is 2.68. The maximum atomic E-state index is 14.7. The van der Waals surface area contributed by atoms with E-state index < -0.39 is 30.8 Å². The number of hydrogen-bond acceptors (Lipinski definition) is 4. The summed E-state index contributed by atoms with van der Waals surface area (Å²) in [5, 5.41) is 3.07. The molecule has 0 heterocycles. The fraction of sp³-hybridized carbons (Fsp3) is 0.161. The van der Waals surface area contributed by atoms with Gasteiger partial charge in [0.15, 0.2) is 13.7 Å². The van der Waals surface area contributed by atoms with Crippen molar-refractivity contribution in [1.82, 2.24) is 5.32 Å². The molecule has 4 aromatic rings. The zero-order valence-corrected chi connectivity index (χ0v) is 21.2. The first-order valence-electron chi connectivity index (χ1n) is 12.3. The minimum Gasteiger partial charge on any atom is -0.455 e. The summed E-state index contributed by atoms with van der Waals surface area (Å²) in [7, 11) is -3.36. The summed E-state index contributed by atoms with van der Waals surface area (Å²) in [6.45, 7) is -0.444. The molecule has 1 fully saturated rings. The number of carbonyl (C=O) groups is 2. The normalized spacial score (nSPS) is 14.1. The van der Waals surface area contributed by atoms with Crippen molar-refractivity contribution in [3.63, 3.8) is 0 Å². The molecule has 186 valence electrons. The number of esters is 1. The van der Waals surface area contributed by atoms with Crippen LogP contribution in [0.1, 0.15) is 30.0 Å². The molecule has 1 amide bonds. The van der Waals surface area contributed by atoms with Crippen molar-refractivity contribution in [2.45, 2.75) is 24.0 Å². The van der Waals surface area contributed by atoms with Gasteiger partial charge in [-0.25, -0.2) is 0 Å². The smallest absolute Gasteiger partial charge is 0.320 e. The highest BCUT2D eigenvalue weighted by molar-refractivity contribution is 7.81. The van der Waals surface area contributed by atoms with E-state index in [0.29, 0.717) is 23.5 Å². The molecule has 0 bridgehead atoms. The third kappa shape index (κ3) is 4.87. The Morgan fingerprint density at radius 2 is 1.11 bits per heavy atom. The fourth-order valence-electron chi connectivity index (χ4n) is 4.80. The molecule has 4 aromatic carbocycles. The molecule has 5 rings (SSSR count). The first kappa shape index (κ1) is 24.7. The first-order valence-corrected chi connectivity index (χ1v) is 14.0. The number of nitrogens with one attached hydrogen (secondary N) is 1. The Hall–Kier alpha value is -3.95. The number of amides is 1. The van der Waals surface area contributed by atoms with Gasteiger partial charge in [-0.2, -0.15) is 0 Å². The molecule has 1 N–H and O–H groups in total. The summed E-state index contributed by atoms with van der Waals surface area (Å²) in [5.74, 6) is -1.01. The van der Waals surface area contributed by atoms with Crippen LogP contribution < -0.4 is 15.9 Å². The molecular weight excluding hydrogens is 481 g/mol. The zero-order chi connectivity index (χ0) is 25.7. The zero-order valence-electron chi connectivity index (χ0n) is 20.3. The van der Waals surface area contributed by atoms with Gasteiger partial charge in [0.25, 0.3) is 5.91 Å². The molecule has 0 radical (unpaired) electrons. The molecule has 0 spiro atoms. The lowest BCUT2D eigenvalue weighted by molar-refractivity contribution is -0.149. The lowest BCUT2D eigenvalue weighted by Crippen LogP contribution is -2.38. The number of hydrogen-bond donors (Lipinski definition) is 1. The maximum Gasteiger partial charge on any atom is 0.320 e. The third-order valence-corrected chi connectivity index (χ3v) is 10.7. The summed E-state index contributed by atoms with van der Waals surface area (Å²) >= 11 is 0. The molecule has 0 saturated heterocycles. The van der Waals surface area contributed by atoms with E-state index in [1.165, 1.54) is 0 Å². The second-order valence-corrected chi connectivity index (χ2v) is 12.3. The van der Waals surface area contributed by atoms with Crippen molar-refractivity contribution in [2.24, 2.45) is 0 Å². The Morgan fingerprint density at radius 3 is 1.51 bits per heavy atom. The standard InChI is InChI=1S/C31H28NO4P/c33-28(32-29(24-13-5-1-6-14-24)25-15-7-2-8-16-25)23-36-30(34)31(21-22-31)37(35,26-17-9-3-10-18-26)27-19-11-4-12-20-27/h1-20,29H,21-23H2,(H,32,33). The summed E-state index contributed by atoms with van der Waals surface area (Å²) in [4.78, 5) is 26.5. The van der Waals surface area contributed by atoms with Crippen LogP contribution in [0.3, 0.4) is 0 Å². The van der Waals surface area contributed by atoms with Crippen molar-refractivity contribution in [3.05, 3.63) is 132 Å². The van der Waals surface area contributed by atoms with Crippen molar-refractivity contribution in [1.29, 1.82) is 0 Å². The van der Waals surface area contributed by atoms with E-state index in [4.69, 9.17) is 4.74 Å². The molecular formula is C31H28NO4P. The average Bonchev–Trinajstić information content (AvgIpc) is 3.79. The Morgan fingerprint density at radius 1 is 0.703 bits per heavy atom. The topological polar surface area (TPSA) is 72.5 Å². The molecule has 0 aromatic heterocycles. The second-order valence-electron chi connectivity index (χ2n) is 9.21. The third-order valence-electron chi connectivity index (χ3n) is 6.85. The minimum absolute atomic E-state index is 0.386. The van der Waals surface area contributed by atoms with Gasteiger partial charge >= 0.3 is 5.97 Å². The Labute approximate surface area is 216 Å². The van der Waals surface area contributed by atoms with Gasteiger partial charge in [-0.05, 0) is 24.0 Å². The number of carbonyl (C=O) groups excluding carboxylic acids is 2. The summed E-state index contributed by atoms with van der Waals surface area (Å²) in [5.41, 5.74) is 1.84. The van der Waals surface area contributed by atoms with Crippen LogP contribution in [0.2, 0.25) is 0 Å². The van der Waals surface area contributed by atoms with Gasteiger partial charge in [-0.1, -0.05) is 121 Å². The van der Waals surface area contributed by atoms with Crippen molar-refractivity contribution in [2.75, 3.05) is 6.61 Å². The van der Waals surface area contributed by atoms with Gasteiger partial charge < -0.3 is 14.6 Å². The maximum absolute atomic E-state index is 14.7. The van der Waals surface area contributed by atoms with Gasteiger partial charge in [0.2, 0.25) is 0 Å². The van der Waals surface area contributed by atoms with Crippen molar-refractivity contribution < 1.29 is 18.9 Å². The Bertz CT molecular complexity index is 1320. The van der Waals surface area contributed by atoms with E-state index in [1.807, 2.05) is 97.1 Å². The predicted octanol–water partition coefficient (Wildman–Crippen LogP) is 4.98. The molecule has 0 atom stereocenters. The largest absolute Gasteiger partial charge is 0.455 e. The first-order chi connectivity index (χ1) is 18.0. The SMILES string of the molecule is O=C(COC(=O)C1(P(=O)(c2ccccc2)c2ccccc2)CC1)NC(c1ccccc1)c1ccccc1. The minimum atomic E-state index is -3.36. The van der Waals surface area contributed by atoms with E-state index in [-0.39, 0.29) is 6.04 Å². The van der Waals surface area contributed by atoms with E-state index >= 15 is 0 Å². The molecule has 1 aliphatic rings. The van der Waals surface area contributed by atoms with Crippen LogP contribution >= 0.6 is 7.14 Å². The van der Waals surface area contributed by atoms with Gasteiger partial charge in [0, 0.05) is 10.6 Å². The second kappa shape index (κ2) is 10.6. The molecule has 1 saturated carbocycles. The molecule has 0 unspecified atom stereocenters. The van der Waals surface area contributed by atoms with Crippen LogP contribution in [-0.4, -0.2) is 23.6 Å². The quantitative estimate of drug-likeness (QED) is 0.255. The van der Waals surface area contributed by atoms with E-state index in [2.05, 4.69) is 5.32 Å². The predicted molar refractivity (Wildman–Crippen MR) is 146 cm³/mol. The summed E-state index contributed by atoms with van der Waals surface area (Å²) in [6.07, 6.45) is 0.899. The van der Waals surface area contributed by atoms with E-state index in [9.17, 15) is 14.2 Å².